The first kappa shape index (κ1) is 29.3. The molecule has 7 nitrogen and oxygen atoms in total. The third-order valence-corrected chi connectivity index (χ3v) is 8.21. The average Bonchev–Trinajstić information content (AvgIpc) is 2.84. The lowest BCUT2D eigenvalue weighted by atomic mass is 9.95. The summed E-state index contributed by atoms with van der Waals surface area (Å²) in [6.07, 6.45) is 7.13. The molecule has 0 radical (unpaired) electrons. The summed E-state index contributed by atoms with van der Waals surface area (Å²) < 4.78 is 26.4. The van der Waals surface area contributed by atoms with Crippen LogP contribution >= 0.6 is 23.2 Å². The van der Waals surface area contributed by atoms with Crippen LogP contribution in [-0.4, -0.2) is 56.6 Å². The lowest BCUT2D eigenvalue weighted by Crippen LogP contribution is -2.54. The third-order valence-electron chi connectivity index (χ3n) is 6.64. The number of amides is 2. The van der Waals surface area contributed by atoms with Gasteiger partial charge in [-0.25, -0.2) is 8.42 Å². The van der Waals surface area contributed by atoms with Gasteiger partial charge in [0.15, 0.2) is 0 Å². The van der Waals surface area contributed by atoms with E-state index >= 15 is 0 Å². The molecular formula is C27H35Cl2N3O4S. The Hall–Kier alpha value is -2.29. The molecule has 1 fully saturated rings. The molecule has 1 unspecified atom stereocenters. The Kier molecular flexibility index (Phi) is 10.7. The lowest BCUT2D eigenvalue weighted by Gasteiger charge is -2.34. The van der Waals surface area contributed by atoms with Crippen molar-refractivity contribution in [3.63, 3.8) is 0 Å². The van der Waals surface area contributed by atoms with Crippen molar-refractivity contribution in [1.29, 1.82) is 0 Å². The molecule has 2 aromatic rings. The van der Waals surface area contributed by atoms with Crippen LogP contribution in [0, 0.1) is 0 Å². The van der Waals surface area contributed by atoms with Crippen molar-refractivity contribution in [2.24, 2.45) is 0 Å². The zero-order valence-electron chi connectivity index (χ0n) is 21.3. The standard InChI is InChI=1S/C27H35Cl2N3O4S/c1-3-25(27(34)30-23-12-8-5-9-13-23)31(15-14-20-10-6-4-7-11-20)26(33)19-32(37(2,35)36)24-17-21(28)16-22(29)18-24/h4,6-7,10-11,16-18,23,25H,3,5,8-9,12-15,19H2,1-2H3,(H,30,34). The fourth-order valence-electron chi connectivity index (χ4n) is 4.74. The van der Waals surface area contributed by atoms with Crippen LogP contribution in [0.25, 0.3) is 0 Å². The number of anilines is 1. The Balaban J connectivity index is 1.88. The van der Waals surface area contributed by atoms with Gasteiger partial charge in [0.1, 0.15) is 12.6 Å². The highest BCUT2D eigenvalue weighted by atomic mass is 35.5. The van der Waals surface area contributed by atoms with Crippen molar-refractivity contribution in [3.8, 4) is 0 Å². The Morgan fingerprint density at radius 1 is 1.03 bits per heavy atom. The molecule has 0 aliphatic heterocycles. The van der Waals surface area contributed by atoms with E-state index in [9.17, 15) is 18.0 Å². The Bertz CT molecular complexity index is 1150. The first-order valence-electron chi connectivity index (χ1n) is 12.7. The van der Waals surface area contributed by atoms with Crippen LogP contribution < -0.4 is 9.62 Å². The molecule has 1 atom stereocenters. The van der Waals surface area contributed by atoms with E-state index in [-0.39, 0.29) is 34.2 Å². The molecule has 2 aromatic carbocycles. The van der Waals surface area contributed by atoms with Gasteiger partial charge in [0, 0.05) is 22.6 Å². The molecular weight excluding hydrogens is 533 g/mol. The number of hydrogen-bond donors (Lipinski definition) is 1. The van der Waals surface area contributed by atoms with Crippen LogP contribution in [0.3, 0.4) is 0 Å². The number of carbonyl (C=O) groups is 2. The maximum atomic E-state index is 13.7. The normalized spacial score (nSPS) is 15.1. The molecule has 0 heterocycles. The summed E-state index contributed by atoms with van der Waals surface area (Å²) in [5, 5.41) is 3.64. The average molecular weight is 569 g/mol. The molecule has 0 bridgehead atoms. The molecule has 0 saturated heterocycles. The topological polar surface area (TPSA) is 86.8 Å². The predicted molar refractivity (Wildman–Crippen MR) is 150 cm³/mol. The second-order valence-corrected chi connectivity index (χ2v) is 12.3. The quantitative estimate of drug-likeness (QED) is 0.411. The molecule has 1 saturated carbocycles. The highest BCUT2D eigenvalue weighted by Gasteiger charge is 2.32. The fraction of sp³-hybridized carbons (Fsp3) is 0.481. The van der Waals surface area contributed by atoms with Crippen molar-refractivity contribution >= 4 is 50.7 Å². The van der Waals surface area contributed by atoms with Gasteiger partial charge in [0.25, 0.3) is 0 Å². The number of halogens is 2. The second kappa shape index (κ2) is 13.5. The molecule has 1 aliphatic rings. The maximum absolute atomic E-state index is 13.7. The van der Waals surface area contributed by atoms with Crippen LogP contribution in [0.15, 0.2) is 48.5 Å². The van der Waals surface area contributed by atoms with Crippen molar-refractivity contribution in [2.45, 2.75) is 64.0 Å². The minimum absolute atomic E-state index is 0.0995. The van der Waals surface area contributed by atoms with E-state index in [1.165, 1.54) is 29.5 Å². The van der Waals surface area contributed by atoms with Gasteiger partial charge in [-0.2, -0.15) is 0 Å². The summed E-state index contributed by atoms with van der Waals surface area (Å²) in [7, 11) is -3.85. The van der Waals surface area contributed by atoms with Gasteiger partial charge in [0.05, 0.1) is 11.9 Å². The van der Waals surface area contributed by atoms with Gasteiger partial charge in [-0.15, -0.1) is 0 Å². The molecule has 10 heteroatoms. The van der Waals surface area contributed by atoms with Crippen molar-refractivity contribution in [3.05, 3.63) is 64.1 Å². The number of sulfonamides is 1. The molecule has 3 rings (SSSR count). The summed E-state index contributed by atoms with van der Waals surface area (Å²) >= 11 is 12.2. The number of nitrogens with zero attached hydrogens (tertiary/aromatic N) is 2. The first-order valence-corrected chi connectivity index (χ1v) is 15.3. The van der Waals surface area contributed by atoms with Gasteiger partial charge < -0.3 is 10.2 Å². The van der Waals surface area contributed by atoms with E-state index < -0.39 is 28.5 Å². The summed E-state index contributed by atoms with van der Waals surface area (Å²) in [6.45, 7) is 1.66. The lowest BCUT2D eigenvalue weighted by molar-refractivity contribution is -0.140. The number of hydrogen-bond acceptors (Lipinski definition) is 4. The van der Waals surface area contributed by atoms with E-state index in [1.54, 1.807) is 0 Å². The second-order valence-electron chi connectivity index (χ2n) is 9.49. The van der Waals surface area contributed by atoms with Crippen molar-refractivity contribution < 1.29 is 18.0 Å². The number of rotatable bonds is 11. The predicted octanol–water partition coefficient (Wildman–Crippen LogP) is 5.06. The molecule has 0 spiro atoms. The van der Waals surface area contributed by atoms with Gasteiger partial charge in [-0.05, 0) is 49.4 Å². The highest BCUT2D eigenvalue weighted by Crippen LogP contribution is 2.27. The van der Waals surface area contributed by atoms with Crippen LogP contribution in [0.5, 0.6) is 0 Å². The van der Waals surface area contributed by atoms with Crippen molar-refractivity contribution in [2.75, 3.05) is 23.7 Å². The number of nitrogens with one attached hydrogen (secondary N) is 1. The summed E-state index contributed by atoms with van der Waals surface area (Å²) in [5.41, 5.74) is 1.21. The fourth-order valence-corrected chi connectivity index (χ4v) is 6.08. The zero-order valence-corrected chi connectivity index (χ0v) is 23.7. The summed E-state index contributed by atoms with van der Waals surface area (Å²) in [4.78, 5) is 28.6. The molecule has 1 aliphatic carbocycles. The van der Waals surface area contributed by atoms with E-state index in [1.807, 2.05) is 37.3 Å². The van der Waals surface area contributed by atoms with Crippen LogP contribution in [0.1, 0.15) is 51.0 Å². The van der Waals surface area contributed by atoms with Gasteiger partial charge in [-0.3, -0.25) is 13.9 Å². The smallest absolute Gasteiger partial charge is 0.244 e. The molecule has 0 aromatic heterocycles. The number of carbonyl (C=O) groups excluding carboxylic acids is 2. The minimum Gasteiger partial charge on any atom is -0.352 e. The minimum atomic E-state index is -3.85. The Morgan fingerprint density at radius 3 is 2.22 bits per heavy atom. The monoisotopic (exact) mass is 567 g/mol. The van der Waals surface area contributed by atoms with E-state index in [4.69, 9.17) is 23.2 Å². The first-order chi connectivity index (χ1) is 17.6. The van der Waals surface area contributed by atoms with Gasteiger partial charge >= 0.3 is 0 Å². The van der Waals surface area contributed by atoms with Crippen LogP contribution in [0.4, 0.5) is 5.69 Å². The van der Waals surface area contributed by atoms with Crippen molar-refractivity contribution in [1.82, 2.24) is 10.2 Å². The summed E-state index contributed by atoms with van der Waals surface area (Å²) in [5.74, 6) is -0.671. The third kappa shape index (κ3) is 8.62. The van der Waals surface area contributed by atoms with Gasteiger partial charge in [0.2, 0.25) is 21.8 Å². The molecule has 202 valence electrons. The van der Waals surface area contributed by atoms with E-state index in [0.717, 1.165) is 41.8 Å². The molecule has 2 amide bonds. The SMILES string of the molecule is CCC(C(=O)NC1CCCCC1)N(CCc1ccccc1)C(=O)CN(c1cc(Cl)cc(Cl)c1)S(C)(=O)=O. The number of benzene rings is 2. The van der Waals surface area contributed by atoms with E-state index in [0.29, 0.717) is 12.8 Å². The zero-order chi connectivity index (χ0) is 27.0. The molecule has 1 N–H and O–H groups in total. The van der Waals surface area contributed by atoms with E-state index in [2.05, 4.69) is 5.32 Å². The maximum Gasteiger partial charge on any atom is 0.244 e. The largest absolute Gasteiger partial charge is 0.352 e. The van der Waals surface area contributed by atoms with Gasteiger partial charge in [-0.1, -0.05) is 79.7 Å². The Labute approximate surface area is 230 Å². The van der Waals surface area contributed by atoms with Crippen LogP contribution in [-0.2, 0) is 26.0 Å². The molecule has 37 heavy (non-hydrogen) atoms. The Morgan fingerprint density at radius 2 is 1.65 bits per heavy atom. The summed E-state index contributed by atoms with van der Waals surface area (Å²) in [6, 6.07) is 13.4. The highest BCUT2D eigenvalue weighted by molar-refractivity contribution is 7.92. The van der Waals surface area contributed by atoms with Crippen LogP contribution in [0.2, 0.25) is 10.0 Å².